The quantitative estimate of drug-likeness (QED) is 0.662. The van der Waals surface area contributed by atoms with E-state index in [0.29, 0.717) is 25.0 Å². The number of rotatable bonds is 5. The molecule has 0 spiro atoms. The Morgan fingerprint density at radius 1 is 1.37 bits per heavy atom. The van der Waals surface area contributed by atoms with Crippen LogP contribution in [0.1, 0.15) is 35.7 Å². The number of carbonyl (C=O) groups excluding carboxylic acids is 1. The number of carbonyl (C=O) groups is 1. The maximum atomic E-state index is 13.1. The Morgan fingerprint density at radius 3 is 2.47 bits per heavy atom. The van der Waals surface area contributed by atoms with Crippen molar-refractivity contribution in [1.29, 1.82) is 0 Å². The smallest absolute Gasteiger partial charge is 0.330 e. The first-order valence-electron chi connectivity index (χ1n) is 5.92. The lowest BCUT2D eigenvalue weighted by Crippen LogP contribution is -2.24. The zero-order valence-corrected chi connectivity index (χ0v) is 10.4. The molecule has 2 N–H and O–H groups in total. The van der Waals surface area contributed by atoms with E-state index in [4.69, 9.17) is 5.73 Å². The van der Waals surface area contributed by atoms with Gasteiger partial charge >= 0.3 is 6.18 Å². The fraction of sp³-hybridized carbons (Fsp3) is 0.462. The Hall–Kier alpha value is -1.43. The van der Waals surface area contributed by atoms with E-state index in [2.05, 4.69) is 0 Å². The number of hydrogen-bond acceptors (Lipinski definition) is 2. The Labute approximate surface area is 108 Å². The molecule has 0 aromatic heterocycles. The van der Waals surface area contributed by atoms with Crippen LogP contribution in [0.3, 0.4) is 0 Å². The van der Waals surface area contributed by atoms with Crippen molar-refractivity contribution < 1.29 is 22.4 Å². The normalized spacial score (nSPS) is 13.4. The maximum Gasteiger partial charge on any atom is 0.419 e. The van der Waals surface area contributed by atoms with Crippen molar-refractivity contribution in [1.82, 2.24) is 0 Å². The van der Waals surface area contributed by atoms with E-state index in [1.54, 1.807) is 0 Å². The molecule has 0 bridgehead atoms. The number of Topliss-reactive ketones (excluding diaryl/α,β-unsaturated/α-hetero) is 1. The topological polar surface area (TPSA) is 43.1 Å². The van der Waals surface area contributed by atoms with Crippen LogP contribution in [0.2, 0.25) is 0 Å². The maximum absolute atomic E-state index is 13.1. The molecule has 1 unspecified atom stereocenters. The first kappa shape index (κ1) is 15.6. The Kier molecular flexibility index (Phi) is 5.05. The van der Waals surface area contributed by atoms with Gasteiger partial charge in [-0.05, 0) is 24.6 Å². The zero-order valence-electron chi connectivity index (χ0n) is 10.4. The SMILES string of the molecule is CCCC(CN)C(=O)c1ccc(F)c(C(F)(F)F)c1. The molecule has 0 saturated carbocycles. The molecule has 0 heterocycles. The van der Waals surface area contributed by atoms with Gasteiger partial charge in [0.2, 0.25) is 0 Å². The van der Waals surface area contributed by atoms with Crippen LogP contribution in [0, 0.1) is 11.7 Å². The summed E-state index contributed by atoms with van der Waals surface area (Å²) in [4.78, 5) is 12.0. The molecular weight excluding hydrogens is 262 g/mol. The van der Waals surface area contributed by atoms with Crippen molar-refractivity contribution in [2.24, 2.45) is 11.7 Å². The summed E-state index contributed by atoms with van der Waals surface area (Å²) in [5.74, 6) is -2.39. The van der Waals surface area contributed by atoms with Crippen LogP contribution in [0.5, 0.6) is 0 Å². The van der Waals surface area contributed by atoms with E-state index in [1.807, 2.05) is 6.92 Å². The van der Waals surface area contributed by atoms with Crippen molar-refractivity contribution in [2.45, 2.75) is 25.9 Å². The molecule has 1 aromatic carbocycles. The number of ketones is 1. The van der Waals surface area contributed by atoms with E-state index in [1.165, 1.54) is 0 Å². The van der Waals surface area contributed by atoms with Crippen LogP contribution in [0.15, 0.2) is 18.2 Å². The van der Waals surface area contributed by atoms with Gasteiger partial charge in [-0.1, -0.05) is 13.3 Å². The zero-order chi connectivity index (χ0) is 14.6. The molecule has 2 nitrogen and oxygen atoms in total. The van der Waals surface area contributed by atoms with Crippen LogP contribution in [0.4, 0.5) is 17.6 Å². The second-order valence-corrected chi connectivity index (χ2v) is 4.28. The molecule has 106 valence electrons. The van der Waals surface area contributed by atoms with Gasteiger partial charge in [0, 0.05) is 18.0 Å². The van der Waals surface area contributed by atoms with Gasteiger partial charge in [0.05, 0.1) is 5.56 Å². The van der Waals surface area contributed by atoms with Crippen molar-refractivity contribution in [2.75, 3.05) is 6.54 Å². The lowest BCUT2D eigenvalue weighted by molar-refractivity contribution is -0.140. The highest BCUT2D eigenvalue weighted by molar-refractivity contribution is 5.98. The minimum absolute atomic E-state index is 0.0609. The van der Waals surface area contributed by atoms with Crippen LogP contribution in [-0.2, 0) is 6.18 Å². The van der Waals surface area contributed by atoms with E-state index in [9.17, 15) is 22.4 Å². The van der Waals surface area contributed by atoms with Gasteiger partial charge < -0.3 is 5.73 Å². The standard InChI is InChI=1S/C13H15F4NO/c1-2-3-9(7-18)12(19)8-4-5-11(14)10(6-8)13(15,16)17/h4-6,9H,2-3,7,18H2,1H3. The Bertz CT molecular complexity index is 456. The van der Waals surface area contributed by atoms with E-state index in [-0.39, 0.29) is 12.1 Å². The third kappa shape index (κ3) is 3.76. The molecule has 0 aliphatic rings. The highest BCUT2D eigenvalue weighted by Gasteiger charge is 2.35. The van der Waals surface area contributed by atoms with Gasteiger partial charge in [-0.3, -0.25) is 4.79 Å². The summed E-state index contributed by atoms with van der Waals surface area (Å²) in [6.07, 6.45) is -3.63. The number of hydrogen-bond donors (Lipinski definition) is 1. The summed E-state index contributed by atoms with van der Waals surface area (Å²) in [6.45, 7) is 1.91. The van der Waals surface area contributed by atoms with Crippen LogP contribution < -0.4 is 5.73 Å². The highest BCUT2D eigenvalue weighted by Crippen LogP contribution is 2.32. The molecule has 1 atom stereocenters. The summed E-state index contributed by atoms with van der Waals surface area (Å²) in [5, 5.41) is 0. The van der Waals surface area contributed by atoms with Gasteiger partial charge in [-0.2, -0.15) is 13.2 Å². The first-order chi connectivity index (χ1) is 8.81. The summed E-state index contributed by atoms with van der Waals surface area (Å²) < 4.78 is 50.7. The van der Waals surface area contributed by atoms with Crippen LogP contribution >= 0.6 is 0 Å². The second-order valence-electron chi connectivity index (χ2n) is 4.28. The molecule has 0 amide bonds. The summed E-state index contributed by atoms with van der Waals surface area (Å²) in [5.41, 5.74) is 3.85. The van der Waals surface area contributed by atoms with Gasteiger partial charge in [0.1, 0.15) is 5.82 Å². The number of halogens is 4. The fourth-order valence-electron chi connectivity index (χ4n) is 1.84. The van der Waals surface area contributed by atoms with Gasteiger partial charge in [0.25, 0.3) is 0 Å². The first-order valence-corrected chi connectivity index (χ1v) is 5.92. The summed E-state index contributed by atoms with van der Waals surface area (Å²) in [6, 6.07) is 2.27. The monoisotopic (exact) mass is 277 g/mol. The van der Waals surface area contributed by atoms with Crippen molar-refractivity contribution in [3.8, 4) is 0 Å². The molecule has 19 heavy (non-hydrogen) atoms. The lowest BCUT2D eigenvalue weighted by atomic mass is 9.92. The van der Waals surface area contributed by atoms with E-state index < -0.39 is 29.3 Å². The molecule has 0 aliphatic heterocycles. The minimum atomic E-state index is -4.82. The fourth-order valence-corrected chi connectivity index (χ4v) is 1.84. The van der Waals surface area contributed by atoms with Gasteiger partial charge in [-0.15, -0.1) is 0 Å². The molecule has 6 heteroatoms. The van der Waals surface area contributed by atoms with Crippen LogP contribution in [0.25, 0.3) is 0 Å². The van der Waals surface area contributed by atoms with E-state index in [0.717, 1.165) is 6.07 Å². The number of alkyl halides is 3. The Balaban J connectivity index is 3.12. The molecule has 0 fully saturated rings. The second kappa shape index (κ2) is 6.14. The largest absolute Gasteiger partial charge is 0.419 e. The lowest BCUT2D eigenvalue weighted by Gasteiger charge is -2.14. The molecule has 0 aliphatic carbocycles. The van der Waals surface area contributed by atoms with Crippen molar-refractivity contribution >= 4 is 5.78 Å². The molecular formula is C13H15F4NO. The van der Waals surface area contributed by atoms with E-state index >= 15 is 0 Å². The Morgan fingerprint density at radius 2 is 2.00 bits per heavy atom. The highest BCUT2D eigenvalue weighted by atomic mass is 19.4. The molecule has 1 aromatic rings. The number of nitrogens with two attached hydrogens (primary N) is 1. The number of benzene rings is 1. The van der Waals surface area contributed by atoms with Crippen molar-refractivity contribution in [3.63, 3.8) is 0 Å². The predicted octanol–water partition coefficient (Wildman–Crippen LogP) is 3.40. The van der Waals surface area contributed by atoms with Crippen molar-refractivity contribution in [3.05, 3.63) is 35.1 Å². The third-order valence-corrected chi connectivity index (χ3v) is 2.85. The third-order valence-electron chi connectivity index (χ3n) is 2.85. The molecule has 1 rings (SSSR count). The molecule has 0 radical (unpaired) electrons. The van der Waals surface area contributed by atoms with Gasteiger partial charge in [-0.25, -0.2) is 4.39 Å². The van der Waals surface area contributed by atoms with Gasteiger partial charge in [0.15, 0.2) is 5.78 Å². The average molecular weight is 277 g/mol. The predicted molar refractivity (Wildman–Crippen MR) is 63.2 cm³/mol. The summed E-state index contributed by atoms with van der Waals surface area (Å²) >= 11 is 0. The van der Waals surface area contributed by atoms with Crippen LogP contribution in [-0.4, -0.2) is 12.3 Å². The minimum Gasteiger partial charge on any atom is -0.330 e. The summed E-state index contributed by atoms with van der Waals surface area (Å²) in [7, 11) is 0. The average Bonchev–Trinajstić information content (AvgIpc) is 2.34. The molecule has 0 saturated heterocycles.